The Labute approximate surface area is 258 Å². The number of imidazole rings is 1. The summed E-state index contributed by atoms with van der Waals surface area (Å²) >= 11 is 0. The number of benzene rings is 2. The van der Waals surface area contributed by atoms with Gasteiger partial charge in [0.2, 0.25) is 23.6 Å². The van der Waals surface area contributed by atoms with Crippen LogP contribution in [0.5, 0.6) is 0 Å². The van der Waals surface area contributed by atoms with E-state index in [0.29, 0.717) is 5.69 Å². The molecular formula is C31H36N8O6. The van der Waals surface area contributed by atoms with Crippen LogP contribution in [-0.4, -0.2) is 73.8 Å². The molecule has 4 rings (SSSR count). The van der Waals surface area contributed by atoms with Crippen molar-refractivity contribution in [2.24, 2.45) is 11.5 Å². The van der Waals surface area contributed by atoms with Gasteiger partial charge in [-0.1, -0.05) is 48.5 Å². The van der Waals surface area contributed by atoms with Crippen LogP contribution in [0.1, 0.15) is 29.7 Å². The van der Waals surface area contributed by atoms with Gasteiger partial charge in [0.05, 0.1) is 12.4 Å². The summed E-state index contributed by atoms with van der Waals surface area (Å²) in [5.74, 6) is -4.16. The quantitative estimate of drug-likeness (QED) is 0.0854. The number of nitrogens with zero attached hydrogens (tertiary/aromatic N) is 1. The summed E-state index contributed by atoms with van der Waals surface area (Å²) < 4.78 is 0. The van der Waals surface area contributed by atoms with Gasteiger partial charge in [-0.05, 0) is 30.0 Å². The molecule has 0 saturated heterocycles. The van der Waals surface area contributed by atoms with Gasteiger partial charge in [-0.25, -0.2) is 9.78 Å². The molecule has 0 saturated carbocycles. The number of H-pyrrole nitrogens is 2. The van der Waals surface area contributed by atoms with Gasteiger partial charge in [0.25, 0.3) is 0 Å². The number of nitrogens with two attached hydrogens (primary N) is 2. The number of amides is 4. The SMILES string of the molecule is NC(=O)CCC(NC(=O)C(Cc1cnc[nH]1)NC(=O)C(Cc1c[nH]c2ccccc12)NC(=O)C(N)Cc1ccccc1)C(=O)O. The second kappa shape index (κ2) is 15.3. The van der Waals surface area contributed by atoms with Gasteiger partial charge in [-0.2, -0.15) is 0 Å². The molecule has 4 unspecified atom stereocenters. The molecule has 2 aromatic carbocycles. The second-order valence-corrected chi connectivity index (χ2v) is 10.7. The molecule has 0 bridgehead atoms. The normalized spacial score (nSPS) is 13.7. The lowest BCUT2D eigenvalue weighted by Crippen LogP contribution is -2.58. The molecule has 45 heavy (non-hydrogen) atoms. The highest BCUT2D eigenvalue weighted by Crippen LogP contribution is 2.19. The Morgan fingerprint density at radius 3 is 2.11 bits per heavy atom. The minimum absolute atomic E-state index is 0.0639. The van der Waals surface area contributed by atoms with Crippen LogP contribution < -0.4 is 27.4 Å². The van der Waals surface area contributed by atoms with Crippen LogP contribution in [0.25, 0.3) is 10.9 Å². The van der Waals surface area contributed by atoms with Crippen LogP contribution in [0.3, 0.4) is 0 Å². The molecule has 0 radical (unpaired) electrons. The van der Waals surface area contributed by atoms with Gasteiger partial charge in [0.15, 0.2) is 0 Å². The predicted molar refractivity (Wildman–Crippen MR) is 164 cm³/mol. The van der Waals surface area contributed by atoms with Gasteiger partial charge in [0, 0.05) is 48.3 Å². The number of carboxylic acid groups (broad SMARTS) is 1. The van der Waals surface area contributed by atoms with Crippen molar-refractivity contribution in [3.63, 3.8) is 0 Å². The van der Waals surface area contributed by atoms with Crippen LogP contribution in [0.4, 0.5) is 0 Å². The minimum atomic E-state index is -1.43. The number of hydrogen-bond acceptors (Lipinski definition) is 7. The summed E-state index contributed by atoms with van der Waals surface area (Å²) in [6.45, 7) is 0. The molecule has 0 fully saturated rings. The molecule has 2 aromatic heterocycles. The maximum atomic E-state index is 13.8. The molecule has 14 heteroatoms. The Morgan fingerprint density at radius 2 is 1.44 bits per heavy atom. The van der Waals surface area contributed by atoms with E-state index in [-0.39, 0.29) is 32.1 Å². The Hall–Kier alpha value is -5.50. The molecule has 4 aromatic rings. The van der Waals surface area contributed by atoms with E-state index < -0.39 is 53.8 Å². The fraction of sp³-hybridized carbons (Fsp3) is 0.290. The Balaban J connectivity index is 1.56. The highest BCUT2D eigenvalue weighted by atomic mass is 16.4. The Morgan fingerprint density at radius 1 is 0.800 bits per heavy atom. The highest BCUT2D eigenvalue weighted by Gasteiger charge is 2.31. The van der Waals surface area contributed by atoms with Crippen LogP contribution >= 0.6 is 0 Å². The predicted octanol–water partition coefficient (Wildman–Crippen LogP) is 0.0507. The van der Waals surface area contributed by atoms with E-state index >= 15 is 0 Å². The zero-order valence-corrected chi connectivity index (χ0v) is 24.4. The number of aliphatic carboxylic acids is 1. The molecule has 10 N–H and O–H groups in total. The second-order valence-electron chi connectivity index (χ2n) is 10.7. The fourth-order valence-electron chi connectivity index (χ4n) is 4.88. The zero-order valence-electron chi connectivity index (χ0n) is 24.4. The van der Waals surface area contributed by atoms with E-state index in [2.05, 4.69) is 30.9 Å². The molecular weight excluding hydrogens is 580 g/mol. The molecule has 2 heterocycles. The Kier molecular flexibility index (Phi) is 11.0. The first-order valence-electron chi connectivity index (χ1n) is 14.3. The minimum Gasteiger partial charge on any atom is -0.480 e. The summed E-state index contributed by atoms with van der Waals surface area (Å²) in [6, 6.07) is 11.9. The third-order valence-electron chi connectivity index (χ3n) is 7.27. The van der Waals surface area contributed by atoms with Crippen molar-refractivity contribution >= 4 is 40.5 Å². The molecule has 0 aliphatic heterocycles. The van der Waals surface area contributed by atoms with Gasteiger partial charge in [-0.3, -0.25) is 19.2 Å². The first-order valence-corrected chi connectivity index (χ1v) is 14.3. The van der Waals surface area contributed by atoms with E-state index in [0.717, 1.165) is 22.0 Å². The van der Waals surface area contributed by atoms with E-state index in [1.54, 1.807) is 6.20 Å². The van der Waals surface area contributed by atoms with Crippen molar-refractivity contribution in [3.8, 4) is 0 Å². The summed E-state index contributed by atoms with van der Waals surface area (Å²) in [7, 11) is 0. The number of nitrogens with one attached hydrogen (secondary N) is 5. The van der Waals surface area contributed by atoms with Crippen LogP contribution in [-0.2, 0) is 43.2 Å². The topological polar surface area (TPSA) is 238 Å². The number of hydrogen-bond donors (Lipinski definition) is 8. The third-order valence-corrected chi connectivity index (χ3v) is 7.27. The molecule has 0 aliphatic rings. The maximum absolute atomic E-state index is 13.8. The zero-order chi connectivity index (χ0) is 32.3. The van der Waals surface area contributed by atoms with Crippen molar-refractivity contribution in [3.05, 3.63) is 90.1 Å². The maximum Gasteiger partial charge on any atom is 0.326 e. The lowest BCUT2D eigenvalue weighted by Gasteiger charge is -2.25. The number of aromatic nitrogens is 3. The number of aromatic amines is 2. The molecule has 0 spiro atoms. The molecule has 4 atom stereocenters. The molecule has 236 valence electrons. The lowest BCUT2D eigenvalue weighted by molar-refractivity contribution is -0.142. The van der Waals surface area contributed by atoms with Crippen LogP contribution in [0, 0.1) is 0 Å². The average Bonchev–Trinajstić information content (AvgIpc) is 3.68. The summed E-state index contributed by atoms with van der Waals surface area (Å²) in [5, 5.41) is 18.2. The highest BCUT2D eigenvalue weighted by molar-refractivity contribution is 5.95. The molecule has 4 amide bonds. The van der Waals surface area contributed by atoms with Crippen molar-refractivity contribution in [2.75, 3.05) is 0 Å². The Bertz CT molecular complexity index is 1620. The number of rotatable bonds is 16. The largest absolute Gasteiger partial charge is 0.480 e. The van der Waals surface area contributed by atoms with E-state index in [4.69, 9.17) is 11.5 Å². The van der Waals surface area contributed by atoms with Gasteiger partial charge >= 0.3 is 5.97 Å². The van der Waals surface area contributed by atoms with Crippen molar-refractivity contribution in [1.29, 1.82) is 0 Å². The number of para-hydroxylation sites is 1. The summed E-state index contributed by atoms with van der Waals surface area (Å²) in [6.07, 6.45) is 4.33. The van der Waals surface area contributed by atoms with Gasteiger partial charge in [-0.15, -0.1) is 0 Å². The summed E-state index contributed by atoms with van der Waals surface area (Å²) in [5.41, 5.74) is 14.3. The van der Waals surface area contributed by atoms with Gasteiger partial charge < -0.3 is 42.5 Å². The van der Waals surface area contributed by atoms with E-state index in [9.17, 15) is 29.1 Å². The van der Waals surface area contributed by atoms with E-state index in [1.807, 2.05) is 54.6 Å². The number of primary amides is 1. The fourth-order valence-corrected chi connectivity index (χ4v) is 4.88. The van der Waals surface area contributed by atoms with Crippen molar-refractivity contribution in [2.45, 2.75) is 56.3 Å². The number of carboxylic acids is 1. The smallest absolute Gasteiger partial charge is 0.326 e. The van der Waals surface area contributed by atoms with Crippen LogP contribution in [0.15, 0.2) is 73.3 Å². The van der Waals surface area contributed by atoms with Gasteiger partial charge in [0.1, 0.15) is 18.1 Å². The number of carbonyl (C=O) groups excluding carboxylic acids is 4. The lowest BCUT2D eigenvalue weighted by atomic mass is 10.0. The number of fused-ring (bicyclic) bond motifs is 1. The average molecular weight is 617 g/mol. The standard InChI is InChI=1S/C31H36N8O6/c32-22(12-18-6-2-1-3-7-18)28(41)38-25(13-19-15-35-23-9-5-4-8-21(19)23)29(42)39-26(14-20-16-34-17-36-20)30(43)37-24(31(44)45)10-11-27(33)40/h1-9,15-17,22,24-26,35H,10-14,32H2,(H2,33,40)(H,34,36)(H,37,43)(H,38,41)(H,39,42)(H,44,45). The van der Waals surface area contributed by atoms with Crippen LogP contribution in [0.2, 0.25) is 0 Å². The van der Waals surface area contributed by atoms with Crippen molar-refractivity contribution in [1.82, 2.24) is 30.9 Å². The summed E-state index contributed by atoms with van der Waals surface area (Å²) in [4.78, 5) is 73.4. The first kappa shape index (κ1) is 32.4. The van der Waals surface area contributed by atoms with E-state index in [1.165, 1.54) is 12.5 Å². The third kappa shape index (κ3) is 9.24. The number of carbonyl (C=O) groups is 5. The first-order chi connectivity index (χ1) is 21.6. The van der Waals surface area contributed by atoms with Crippen molar-refractivity contribution < 1.29 is 29.1 Å². The molecule has 0 aliphatic carbocycles. The molecule has 14 nitrogen and oxygen atoms in total. The monoisotopic (exact) mass is 616 g/mol.